The van der Waals surface area contributed by atoms with E-state index in [0.29, 0.717) is 6.04 Å². The minimum atomic E-state index is -0.418. The Balaban J connectivity index is 2.25. The highest BCUT2D eigenvalue weighted by Crippen LogP contribution is 2.31. The second kappa shape index (κ2) is 6.25. The second-order valence-corrected chi connectivity index (χ2v) is 6.40. The number of halogens is 1. The Bertz CT molecular complexity index is 436. The van der Waals surface area contributed by atoms with E-state index in [0.717, 1.165) is 29.7 Å². The molecule has 1 aliphatic rings. The van der Waals surface area contributed by atoms with E-state index in [2.05, 4.69) is 45.8 Å². The molecule has 106 valence electrons. The molecular weight excluding hydrogens is 304 g/mol. The first kappa shape index (κ1) is 14.8. The van der Waals surface area contributed by atoms with Gasteiger partial charge >= 0.3 is 0 Å². The molecule has 4 heteroatoms. The van der Waals surface area contributed by atoms with Crippen molar-refractivity contribution in [2.45, 2.75) is 32.4 Å². The zero-order valence-electron chi connectivity index (χ0n) is 11.9. The first-order valence-corrected chi connectivity index (χ1v) is 7.71. The molecule has 0 bridgehead atoms. The highest BCUT2D eigenvalue weighted by molar-refractivity contribution is 9.10. The normalized spacial score (nSPS) is 23.2. The van der Waals surface area contributed by atoms with Crippen molar-refractivity contribution in [3.63, 3.8) is 0 Å². The molecule has 0 aliphatic carbocycles. The summed E-state index contributed by atoms with van der Waals surface area (Å²) in [6, 6.07) is 6.67. The highest BCUT2D eigenvalue weighted by atomic mass is 79.9. The first-order valence-electron chi connectivity index (χ1n) is 6.91. The zero-order chi connectivity index (χ0) is 14.0. The van der Waals surface area contributed by atoms with E-state index >= 15 is 0 Å². The van der Waals surface area contributed by atoms with Crippen LogP contribution in [-0.4, -0.2) is 42.7 Å². The molecule has 0 spiro atoms. The lowest BCUT2D eigenvalue weighted by Crippen LogP contribution is -2.38. The van der Waals surface area contributed by atoms with Crippen molar-refractivity contribution in [3.05, 3.63) is 28.2 Å². The van der Waals surface area contributed by atoms with Crippen molar-refractivity contribution in [1.29, 1.82) is 0 Å². The fraction of sp³-hybridized carbons (Fsp3) is 0.600. The van der Waals surface area contributed by atoms with Crippen LogP contribution >= 0.6 is 15.9 Å². The van der Waals surface area contributed by atoms with Gasteiger partial charge < -0.3 is 14.9 Å². The van der Waals surface area contributed by atoms with Crippen molar-refractivity contribution in [2.75, 3.05) is 31.6 Å². The Kier molecular flexibility index (Phi) is 4.87. The number of aliphatic hydroxyl groups excluding tert-OH is 1. The number of aliphatic hydroxyl groups is 1. The quantitative estimate of drug-likeness (QED) is 0.904. The molecule has 1 heterocycles. The molecule has 1 N–H and O–H groups in total. The van der Waals surface area contributed by atoms with Gasteiger partial charge in [-0.2, -0.15) is 0 Å². The molecule has 1 aliphatic heterocycles. The third-order valence-corrected chi connectivity index (χ3v) is 4.45. The van der Waals surface area contributed by atoms with Gasteiger partial charge in [-0.3, -0.25) is 0 Å². The summed E-state index contributed by atoms with van der Waals surface area (Å²) in [4.78, 5) is 4.85. The Morgan fingerprint density at radius 3 is 2.74 bits per heavy atom. The predicted molar refractivity (Wildman–Crippen MR) is 83.7 cm³/mol. The van der Waals surface area contributed by atoms with Gasteiger partial charge in [0.2, 0.25) is 0 Å². The van der Waals surface area contributed by atoms with Crippen LogP contribution in [0.2, 0.25) is 0 Å². The lowest BCUT2D eigenvalue weighted by atomic mass is 10.1. The number of likely N-dealkylation sites (N-methyl/N-ethyl adjacent to an activating group) is 1. The fourth-order valence-electron chi connectivity index (χ4n) is 2.75. The Hall–Kier alpha value is -0.580. The maximum atomic E-state index is 9.64. The van der Waals surface area contributed by atoms with Crippen molar-refractivity contribution in [3.8, 4) is 0 Å². The number of hydrogen-bond donors (Lipinski definition) is 1. The predicted octanol–water partition coefficient (Wildman–Crippen LogP) is 3.03. The van der Waals surface area contributed by atoms with E-state index in [-0.39, 0.29) is 0 Å². The minimum Gasteiger partial charge on any atom is -0.389 e. The van der Waals surface area contributed by atoms with Crippen LogP contribution in [0.1, 0.15) is 31.9 Å². The first-order chi connectivity index (χ1) is 8.99. The minimum absolute atomic E-state index is 0.418. The molecule has 2 atom stereocenters. The smallest absolute Gasteiger partial charge is 0.0762 e. The summed E-state index contributed by atoms with van der Waals surface area (Å²) in [5.41, 5.74) is 2.18. The molecule has 1 aromatic rings. The molecule has 19 heavy (non-hydrogen) atoms. The summed E-state index contributed by atoms with van der Waals surface area (Å²) in [6.07, 6.45) is 0.767. The molecule has 0 aromatic heterocycles. The van der Waals surface area contributed by atoms with Crippen LogP contribution in [0.3, 0.4) is 0 Å². The van der Waals surface area contributed by atoms with E-state index in [4.69, 9.17) is 0 Å². The van der Waals surface area contributed by atoms with Crippen LogP contribution in [0.4, 0.5) is 5.69 Å². The highest BCUT2D eigenvalue weighted by Gasteiger charge is 2.21. The lowest BCUT2D eigenvalue weighted by Gasteiger charge is -2.31. The molecule has 0 radical (unpaired) electrons. The van der Waals surface area contributed by atoms with E-state index in [9.17, 15) is 5.11 Å². The number of anilines is 1. The number of nitrogens with zero attached hydrogens (tertiary/aromatic N) is 2. The van der Waals surface area contributed by atoms with Gasteiger partial charge in [0.25, 0.3) is 0 Å². The molecule has 2 rings (SSSR count). The maximum Gasteiger partial charge on any atom is 0.0762 e. The summed E-state index contributed by atoms with van der Waals surface area (Å²) in [5.74, 6) is 0. The van der Waals surface area contributed by atoms with Crippen LogP contribution in [0.15, 0.2) is 22.7 Å². The van der Waals surface area contributed by atoms with Gasteiger partial charge in [0.15, 0.2) is 0 Å². The van der Waals surface area contributed by atoms with E-state index in [1.807, 2.05) is 12.1 Å². The van der Waals surface area contributed by atoms with Crippen LogP contribution in [0.5, 0.6) is 0 Å². The molecule has 0 saturated carbocycles. The van der Waals surface area contributed by atoms with Gasteiger partial charge in [-0.15, -0.1) is 0 Å². The topological polar surface area (TPSA) is 26.7 Å². The Morgan fingerprint density at radius 2 is 2.11 bits per heavy atom. The molecular formula is C15H23BrN2O. The van der Waals surface area contributed by atoms with Crippen molar-refractivity contribution < 1.29 is 5.11 Å². The van der Waals surface area contributed by atoms with Crippen LogP contribution < -0.4 is 4.90 Å². The van der Waals surface area contributed by atoms with E-state index in [1.54, 1.807) is 6.92 Å². The summed E-state index contributed by atoms with van der Waals surface area (Å²) in [7, 11) is 2.19. The summed E-state index contributed by atoms with van der Waals surface area (Å²) < 4.78 is 1.07. The van der Waals surface area contributed by atoms with Crippen LogP contribution in [-0.2, 0) is 0 Å². The van der Waals surface area contributed by atoms with Crippen LogP contribution in [0, 0.1) is 0 Å². The summed E-state index contributed by atoms with van der Waals surface area (Å²) in [6.45, 7) is 7.40. The number of hydrogen-bond acceptors (Lipinski definition) is 3. The summed E-state index contributed by atoms with van der Waals surface area (Å²) >= 11 is 3.65. The van der Waals surface area contributed by atoms with Crippen molar-refractivity contribution >= 4 is 21.6 Å². The largest absolute Gasteiger partial charge is 0.389 e. The average Bonchev–Trinajstić information content (AvgIpc) is 2.50. The van der Waals surface area contributed by atoms with E-state index in [1.165, 1.54) is 12.1 Å². The van der Waals surface area contributed by atoms with Gasteiger partial charge in [-0.05, 0) is 67.5 Å². The molecule has 3 nitrogen and oxygen atoms in total. The fourth-order valence-corrected chi connectivity index (χ4v) is 3.37. The Morgan fingerprint density at radius 1 is 1.37 bits per heavy atom. The lowest BCUT2D eigenvalue weighted by molar-refractivity contribution is 0.199. The Labute approximate surface area is 124 Å². The van der Waals surface area contributed by atoms with Crippen LogP contribution in [0.25, 0.3) is 0 Å². The molecule has 1 fully saturated rings. The molecule has 1 aromatic carbocycles. The monoisotopic (exact) mass is 326 g/mol. The summed E-state index contributed by atoms with van der Waals surface area (Å²) in [5, 5.41) is 9.64. The maximum absolute atomic E-state index is 9.64. The molecule has 2 unspecified atom stereocenters. The van der Waals surface area contributed by atoms with Gasteiger partial charge in [0, 0.05) is 23.6 Å². The third-order valence-electron chi connectivity index (χ3n) is 3.81. The van der Waals surface area contributed by atoms with Gasteiger partial charge in [-0.25, -0.2) is 0 Å². The van der Waals surface area contributed by atoms with Gasteiger partial charge in [0.05, 0.1) is 11.8 Å². The number of rotatable bonds is 2. The number of benzene rings is 1. The van der Waals surface area contributed by atoms with Crippen molar-refractivity contribution in [2.24, 2.45) is 0 Å². The molecule has 0 amide bonds. The van der Waals surface area contributed by atoms with E-state index < -0.39 is 6.10 Å². The third kappa shape index (κ3) is 3.50. The molecule has 1 saturated heterocycles. The standard InChI is InChI=1S/C15H23BrN2O/c1-11-10-17(3)7-4-8-18(11)15-6-5-13(12(2)19)9-14(15)16/h5-6,9,11-12,19H,4,7-8,10H2,1-3H3. The van der Waals surface area contributed by atoms with Gasteiger partial charge in [-0.1, -0.05) is 6.07 Å². The second-order valence-electron chi connectivity index (χ2n) is 5.55. The van der Waals surface area contributed by atoms with Crippen molar-refractivity contribution in [1.82, 2.24) is 4.90 Å². The average molecular weight is 327 g/mol. The van der Waals surface area contributed by atoms with Gasteiger partial charge in [0.1, 0.15) is 0 Å². The zero-order valence-corrected chi connectivity index (χ0v) is 13.5. The SMILES string of the molecule is CC(O)c1ccc(N2CCCN(C)CC2C)c(Br)c1.